The van der Waals surface area contributed by atoms with E-state index in [9.17, 15) is 4.39 Å². The molecule has 6 heteroatoms. The molecule has 1 heterocycles. The first kappa shape index (κ1) is 11.9. The van der Waals surface area contributed by atoms with Gasteiger partial charge in [-0.3, -0.25) is 4.57 Å². The standard InChI is InChI=1S/C12H10Cl2FN3/c13-9-5-7(1-4-10(9)15)6-18-11(8-2-3-8)16-17-12(18)14/h1,4-5,8H,2-3,6H2. The highest BCUT2D eigenvalue weighted by atomic mass is 35.5. The summed E-state index contributed by atoms with van der Waals surface area (Å²) in [6.07, 6.45) is 2.25. The monoisotopic (exact) mass is 285 g/mol. The van der Waals surface area contributed by atoms with Gasteiger partial charge in [-0.15, -0.1) is 10.2 Å². The molecular formula is C12H10Cl2FN3. The van der Waals surface area contributed by atoms with Crippen LogP contribution in [0.25, 0.3) is 0 Å². The van der Waals surface area contributed by atoms with Crippen LogP contribution in [0.3, 0.4) is 0 Å². The molecule has 94 valence electrons. The Morgan fingerprint density at radius 2 is 2.06 bits per heavy atom. The third-order valence-corrected chi connectivity index (χ3v) is 3.57. The molecular weight excluding hydrogens is 276 g/mol. The highest BCUT2D eigenvalue weighted by molar-refractivity contribution is 6.30. The van der Waals surface area contributed by atoms with Crippen molar-refractivity contribution in [2.45, 2.75) is 25.3 Å². The molecule has 0 saturated heterocycles. The fourth-order valence-corrected chi connectivity index (χ4v) is 2.29. The number of hydrogen-bond acceptors (Lipinski definition) is 2. The largest absolute Gasteiger partial charge is 0.297 e. The molecule has 0 unspecified atom stereocenters. The second-order valence-corrected chi connectivity index (χ2v) is 5.18. The van der Waals surface area contributed by atoms with E-state index in [0.29, 0.717) is 17.7 Å². The first-order chi connectivity index (χ1) is 8.65. The molecule has 18 heavy (non-hydrogen) atoms. The van der Waals surface area contributed by atoms with Crippen molar-refractivity contribution in [3.05, 3.63) is 45.7 Å². The van der Waals surface area contributed by atoms with Crippen molar-refractivity contribution in [2.75, 3.05) is 0 Å². The van der Waals surface area contributed by atoms with Gasteiger partial charge in [0.25, 0.3) is 0 Å². The number of benzene rings is 1. The summed E-state index contributed by atoms with van der Waals surface area (Å²) in [5.41, 5.74) is 0.880. The van der Waals surface area contributed by atoms with E-state index in [1.807, 2.05) is 4.57 Å². The van der Waals surface area contributed by atoms with Crippen molar-refractivity contribution in [1.82, 2.24) is 14.8 Å². The van der Waals surface area contributed by atoms with Crippen LogP contribution in [0.1, 0.15) is 30.1 Å². The molecule has 0 N–H and O–H groups in total. The zero-order chi connectivity index (χ0) is 12.7. The van der Waals surface area contributed by atoms with Crippen LogP contribution in [0.4, 0.5) is 4.39 Å². The van der Waals surface area contributed by atoms with Gasteiger partial charge in [0.2, 0.25) is 5.28 Å². The molecule has 1 saturated carbocycles. The summed E-state index contributed by atoms with van der Waals surface area (Å²) in [7, 11) is 0. The zero-order valence-electron chi connectivity index (χ0n) is 9.41. The van der Waals surface area contributed by atoms with Gasteiger partial charge in [-0.25, -0.2) is 4.39 Å². The van der Waals surface area contributed by atoms with E-state index >= 15 is 0 Å². The number of rotatable bonds is 3. The minimum absolute atomic E-state index is 0.115. The lowest BCUT2D eigenvalue weighted by atomic mass is 10.2. The van der Waals surface area contributed by atoms with Crippen molar-refractivity contribution in [1.29, 1.82) is 0 Å². The van der Waals surface area contributed by atoms with Crippen molar-refractivity contribution in [3.8, 4) is 0 Å². The van der Waals surface area contributed by atoms with Crippen LogP contribution >= 0.6 is 23.2 Å². The summed E-state index contributed by atoms with van der Waals surface area (Å²) in [4.78, 5) is 0. The molecule has 1 aliphatic rings. The van der Waals surface area contributed by atoms with Crippen LogP contribution in [0.5, 0.6) is 0 Å². The van der Waals surface area contributed by atoms with Crippen molar-refractivity contribution in [2.24, 2.45) is 0 Å². The Labute approximate surface area is 114 Å². The number of hydrogen-bond donors (Lipinski definition) is 0. The van der Waals surface area contributed by atoms with E-state index in [2.05, 4.69) is 10.2 Å². The van der Waals surface area contributed by atoms with Crippen LogP contribution in [0.2, 0.25) is 10.3 Å². The average molecular weight is 286 g/mol. The van der Waals surface area contributed by atoms with E-state index in [0.717, 1.165) is 24.2 Å². The molecule has 2 aromatic rings. The Balaban J connectivity index is 1.91. The maximum atomic E-state index is 13.1. The van der Waals surface area contributed by atoms with Gasteiger partial charge >= 0.3 is 0 Å². The van der Waals surface area contributed by atoms with Gasteiger partial charge in [0.05, 0.1) is 11.6 Å². The predicted octanol–water partition coefficient (Wildman–Crippen LogP) is 3.65. The first-order valence-corrected chi connectivity index (χ1v) is 6.43. The Bertz CT molecular complexity index is 593. The minimum Gasteiger partial charge on any atom is -0.297 e. The molecule has 0 radical (unpaired) electrons. The van der Waals surface area contributed by atoms with Gasteiger partial charge in [0.1, 0.15) is 11.6 Å². The summed E-state index contributed by atoms with van der Waals surface area (Å²) in [6.45, 7) is 0.512. The van der Waals surface area contributed by atoms with Crippen LogP contribution in [0, 0.1) is 5.82 Å². The van der Waals surface area contributed by atoms with Gasteiger partial charge in [-0.2, -0.15) is 0 Å². The quantitative estimate of drug-likeness (QED) is 0.862. The third kappa shape index (κ3) is 2.22. The van der Waals surface area contributed by atoms with Gasteiger partial charge in [-0.05, 0) is 42.1 Å². The summed E-state index contributed by atoms with van der Waals surface area (Å²) < 4.78 is 14.9. The normalized spacial score (nSPS) is 15.1. The average Bonchev–Trinajstić information content (AvgIpc) is 3.12. The van der Waals surface area contributed by atoms with Gasteiger partial charge in [0, 0.05) is 5.92 Å². The Morgan fingerprint density at radius 1 is 1.28 bits per heavy atom. The van der Waals surface area contributed by atoms with E-state index in [1.54, 1.807) is 12.1 Å². The van der Waals surface area contributed by atoms with E-state index in [4.69, 9.17) is 23.2 Å². The van der Waals surface area contributed by atoms with E-state index in [-0.39, 0.29) is 5.02 Å². The molecule has 1 fully saturated rings. The molecule has 0 bridgehead atoms. The lowest BCUT2D eigenvalue weighted by Gasteiger charge is -2.07. The molecule has 0 atom stereocenters. The molecule has 0 spiro atoms. The van der Waals surface area contributed by atoms with Crippen LogP contribution in [-0.4, -0.2) is 14.8 Å². The summed E-state index contributed by atoms with van der Waals surface area (Å²) >= 11 is 11.8. The fraction of sp³-hybridized carbons (Fsp3) is 0.333. The fourth-order valence-electron chi connectivity index (χ4n) is 1.91. The predicted molar refractivity (Wildman–Crippen MR) is 67.5 cm³/mol. The van der Waals surface area contributed by atoms with Crippen molar-refractivity contribution >= 4 is 23.2 Å². The molecule has 0 aliphatic heterocycles. The van der Waals surface area contributed by atoms with Crippen molar-refractivity contribution in [3.63, 3.8) is 0 Å². The Kier molecular flexibility index (Phi) is 2.99. The second kappa shape index (κ2) is 4.52. The topological polar surface area (TPSA) is 30.7 Å². The van der Waals surface area contributed by atoms with Crippen LogP contribution in [-0.2, 0) is 6.54 Å². The van der Waals surface area contributed by atoms with Gasteiger partial charge in [-0.1, -0.05) is 17.7 Å². The SMILES string of the molecule is Fc1ccc(Cn2c(Cl)nnc2C2CC2)cc1Cl. The maximum Gasteiger partial charge on any atom is 0.225 e. The van der Waals surface area contributed by atoms with Crippen molar-refractivity contribution < 1.29 is 4.39 Å². The molecule has 1 aliphatic carbocycles. The van der Waals surface area contributed by atoms with Gasteiger partial charge < -0.3 is 0 Å². The Hall–Kier alpha value is -1.13. The number of aromatic nitrogens is 3. The van der Waals surface area contributed by atoms with E-state index < -0.39 is 5.82 Å². The van der Waals surface area contributed by atoms with Gasteiger partial charge in [0.15, 0.2) is 0 Å². The molecule has 1 aromatic heterocycles. The second-order valence-electron chi connectivity index (χ2n) is 4.44. The molecule has 3 rings (SSSR count). The Morgan fingerprint density at radius 3 is 2.72 bits per heavy atom. The minimum atomic E-state index is -0.419. The zero-order valence-corrected chi connectivity index (χ0v) is 10.9. The van der Waals surface area contributed by atoms with Crippen LogP contribution in [0.15, 0.2) is 18.2 Å². The maximum absolute atomic E-state index is 13.1. The summed E-state index contributed by atoms with van der Waals surface area (Å²) in [6, 6.07) is 4.64. The summed E-state index contributed by atoms with van der Waals surface area (Å²) in [5.74, 6) is 0.944. The number of nitrogens with zero attached hydrogens (tertiary/aromatic N) is 3. The highest BCUT2D eigenvalue weighted by Gasteiger charge is 2.30. The third-order valence-electron chi connectivity index (χ3n) is 3.00. The molecule has 3 nitrogen and oxygen atoms in total. The molecule has 0 amide bonds. The number of halogens is 3. The van der Waals surface area contributed by atoms with Crippen LogP contribution < -0.4 is 0 Å². The lowest BCUT2D eigenvalue weighted by Crippen LogP contribution is -2.04. The smallest absolute Gasteiger partial charge is 0.225 e. The molecule has 1 aromatic carbocycles. The first-order valence-electron chi connectivity index (χ1n) is 5.67. The lowest BCUT2D eigenvalue weighted by molar-refractivity contribution is 0.626. The summed E-state index contributed by atoms with van der Waals surface area (Å²) in [5, 5.41) is 8.45. The van der Waals surface area contributed by atoms with E-state index in [1.165, 1.54) is 6.07 Å². The highest BCUT2D eigenvalue weighted by Crippen LogP contribution is 2.39.